The number of carbonyl (C=O) groups is 1. The number of nitrogens with zero attached hydrogens (tertiary/aromatic N) is 1. The van der Waals surface area contributed by atoms with Gasteiger partial charge in [-0.3, -0.25) is 4.79 Å². The molecule has 0 atom stereocenters. The fraction of sp³-hybridized carbons (Fsp3) is 0.611. The van der Waals surface area contributed by atoms with Gasteiger partial charge >= 0.3 is 0 Å². The minimum absolute atomic E-state index is 0.0915. The van der Waals surface area contributed by atoms with Crippen molar-refractivity contribution in [1.29, 1.82) is 0 Å². The lowest BCUT2D eigenvalue weighted by Crippen LogP contribution is -2.66. The van der Waals surface area contributed by atoms with Gasteiger partial charge in [-0.1, -0.05) is 0 Å². The van der Waals surface area contributed by atoms with Crippen LogP contribution >= 0.6 is 15.9 Å². The molecule has 1 aromatic rings. The molecule has 0 aromatic heterocycles. The van der Waals surface area contributed by atoms with Gasteiger partial charge in [-0.25, -0.2) is 0 Å². The number of likely N-dealkylation sites (tertiary alicyclic amines) is 1. The molecular weight excluding hydrogens is 388 g/mol. The van der Waals surface area contributed by atoms with Gasteiger partial charge in [0.25, 0.3) is 0 Å². The molecule has 25 heavy (non-hydrogen) atoms. The van der Waals surface area contributed by atoms with Crippen LogP contribution in [0.15, 0.2) is 16.6 Å². The molecule has 0 unspecified atom stereocenters. The molecule has 0 bridgehead atoms. The second kappa shape index (κ2) is 7.93. The van der Waals surface area contributed by atoms with Gasteiger partial charge in [-0.2, -0.15) is 0 Å². The zero-order chi connectivity index (χ0) is 17.9. The summed E-state index contributed by atoms with van der Waals surface area (Å²) in [6, 6.07) is 3.83. The Morgan fingerprint density at radius 3 is 2.60 bits per heavy atom. The standard InChI is InChI=1S/C18H25BrN2O4/c1-23-15-8-14(19)16(24-2)7-13(15)3-5-20-17(22)4-6-21-9-18(10-21)11-25-12-18/h7-8H,3-6,9-12H2,1-2H3,(H,20,22). The summed E-state index contributed by atoms with van der Waals surface area (Å²) < 4.78 is 16.8. The molecule has 2 aliphatic heterocycles. The van der Waals surface area contributed by atoms with Crippen LogP contribution in [-0.4, -0.2) is 64.4 Å². The molecular formula is C18H25BrN2O4. The summed E-state index contributed by atoms with van der Waals surface area (Å²) in [4.78, 5) is 14.4. The molecule has 2 saturated heterocycles. The SMILES string of the molecule is COc1cc(CCNC(=O)CCN2CC3(COC3)C2)c(OC)cc1Br. The lowest BCUT2D eigenvalue weighted by Gasteiger charge is -2.55. The van der Waals surface area contributed by atoms with E-state index in [1.807, 2.05) is 12.1 Å². The van der Waals surface area contributed by atoms with Crippen LogP contribution in [0.4, 0.5) is 0 Å². The summed E-state index contributed by atoms with van der Waals surface area (Å²) in [7, 11) is 3.27. The van der Waals surface area contributed by atoms with E-state index in [-0.39, 0.29) is 5.91 Å². The summed E-state index contributed by atoms with van der Waals surface area (Å²) >= 11 is 3.45. The Morgan fingerprint density at radius 2 is 2.00 bits per heavy atom. The second-order valence-electron chi connectivity index (χ2n) is 6.85. The highest BCUT2D eigenvalue weighted by Crippen LogP contribution is 2.37. The molecule has 1 N–H and O–H groups in total. The largest absolute Gasteiger partial charge is 0.496 e. The summed E-state index contributed by atoms with van der Waals surface area (Å²) in [6.07, 6.45) is 1.24. The van der Waals surface area contributed by atoms with E-state index in [0.717, 1.165) is 54.4 Å². The van der Waals surface area contributed by atoms with Crippen LogP contribution in [0.2, 0.25) is 0 Å². The zero-order valence-corrected chi connectivity index (χ0v) is 16.4. The number of ether oxygens (including phenoxy) is 3. The van der Waals surface area contributed by atoms with Crippen LogP contribution in [-0.2, 0) is 16.0 Å². The molecule has 2 heterocycles. The van der Waals surface area contributed by atoms with Crippen molar-refractivity contribution in [3.63, 3.8) is 0 Å². The Kier molecular flexibility index (Phi) is 5.86. The van der Waals surface area contributed by atoms with Crippen LogP contribution < -0.4 is 14.8 Å². The lowest BCUT2D eigenvalue weighted by atomic mass is 9.78. The smallest absolute Gasteiger partial charge is 0.221 e. The molecule has 1 spiro atoms. The predicted octanol–water partition coefficient (Wildman–Crippen LogP) is 1.85. The number of hydrogen-bond acceptors (Lipinski definition) is 5. The Morgan fingerprint density at radius 1 is 1.28 bits per heavy atom. The van der Waals surface area contributed by atoms with Gasteiger partial charge in [0.1, 0.15) is 11.5 Å². The van der Waals surface area contributed by atoms with Crippen molar-refractivity contribution in [3.05, 3.63) is 22.2 Å². The van der Waals surface area contributed by atoms with Crippen molar-refractivity contribution in [3.8, 4) is 11.5 Å². The number of carbonyl (C=O) groups excluding carboxylic acids is 1. The van der Waals surface area contributed by atoms with Gasteiger partial charge in [0, 0.05) is 38.0 Å². The number of rotatable bonds is 8. The van der Waals surface area contributed by atoms with Crippen molar-refractivity contribution < 1.29 is 19.0 Å². The topological polar surface area (TPSA) is 60.0 Å². The van der Waals surface area contributed by atoms with Gasteiger partial charge in [0.05, 0.1) is 31.9 Å². The number of halogens is 1. The third kappa shape index (κ3) is 4.27. The van der Waals surface area contributed by atoms with Gasteiger partial charge in [0.2, 0.25) is 5.91 Å². The Balaban J connectivity index is 1.39. The Labute approximate surface area is 156 Å². The number of nitrogens with one attached hydrogen (secondary N) is 1. The van der Waals surface area contributed by atoms with E-state index >= 15 is 0 Å². The van der Waals surface area contributed by atoms with Crippen LogP contribution in [0, 0.1) is 5.41 Å². The van der Waals surface area contributed by atoms with Crippen LogP contribution in [0.5, 0.6) is 11.5 Å². The third-order valence-corrected chi connectivity index (χ3v) is 5.48. The molecule has 2 aliphatic rings. The van der Waals surface area contributed by atoms with E-state index in [1.165, 1.54) is 0 Å². The number of amides is 1. The third-order valence-electron chi connectivity index (χ3n) is 4.86. The maximum absolute atomic E-state index is 12.0. The van der Waals surface area contributed by atoms with Crippen LogP contribution in [0.1, 0.15) is 12.0 Å². The van der Waals surface area contributed by atoms with Crippen molar-refractivity contribution in [2.75, 3.05) is 53.6 Å². The monoisotopic (exact) mass is 412 g/mol. The van der Waals surface area contributed by atoms with Gasteiger partial charge in [0.15, 0.2) is 0 Å². The first-order valence-corrected chi connectivity index (χ1v) is 9.32. The average Bonchev–Trinajstić information content (AvgIpc) is 2.52. The maximum Gasteiger partial charge on any atom is 0.221 e. The molecule has 0 saturated carbocycles. The minimum Gasteiger partial charge on any atom is -0.496 e. The molecule has 1 amide bonds. The van der Waals surface area contributed by atoms with Gasteiger partial charge in [-0.15, -0.1) is 0 Å². The first kappa shape index (κ1) is 18.5. The average molecular weight is 413 g/mol. The molecule has 0 radical (unpaired) electrons. The fourth-order valence-electron chi connectivity index (χ4n) is 3.44. The molecule has 1 aromatic carbocycles. The molecule has 138 valence electrons. The molecule has 3 rings (SSSR count). The summed E-state index contributed by atoms with van der Waals surface area (Å²) in [6.45, 7) is 5.30. The van der Waals surface area contributed by atoms with E-state index in [4.69, 9.17) is 14.2 Å². The summed E-state index contributed by atoms with van der Waals surface area (Å²) in [5, 5.41) is 2.99. The fourth-order valence-corrected chi connectivity index (χ4v) is 3.92. The number of methoxy groups -OCH3 is 2. The first-order valence-electron chi connectivity index (χ1n) is 8.52. The summed E-state index contributed by atoms with van der Waals surface area (Å²) in [5.74, 6) is 1.64. The quantitative estimate of drug-likeness (QED) is 0.705. The van der Waals surface area contributed by atoms with Crippen molar-refractivity contribution in [2.45, 2.75) is 12.8 Å². The highest BCUT2D eigenvalue weighted by molar-refractivity contribution is 9.10. The van der Waals surface area contributed by atoms with Crippen molar-refractivity contribution in [1.82, 2.24) is 10.2 Å². The minimum atomic E-state index is 0.0915. The first-order chi connectivity index (χ1) is 12.0. The van der Waals surface area contributed by atoms with Gasteiger partial charge in [-0.05, 0) is 40.0 Å². The maximum atomic E-state index is 12.0. The van der Waals surface area contributed by atoms with E-state index in [0.29, 0.717) is 24.8 Å². The molecule has 0 aliphatic carbocycles. The molecule has 2 fully saturated rings. The van der Waals surface area contributed by atoms with Crippen LogP contribution in [0.25, 0.3) is 0 Å². The van der Waals surface area contributed by atoms with E-state index in [1.54, 1.807) is 14.2 Å². The molecule has 6 nitrogen and oxygen atoms in total. The van der Waals surface area contributed by atoms with Gasteiger partial charge < -0.3 is 24.4 Å². The van der Waals surface area contributed by atoms with E-state index in [2.05, 4.69) is 26.1 Å². The number of hydrogen-bond donors (Lipinski definition) is 1. The second-order valence-corrected chi connectivity index (χ2v) is 7.71. The Bertz CT molecular complexity index is 626. The van der Waals surface area contributed by atoms with E-state index in [9.17, 15) is 4.79 Å². The zero-order valence-electron chi connectivity index (χ0n) is 14.8. The Hall–Kier alpha value is -1.31. The highest BCUT2D eigenvalue weighted by Gasteiger charge is 2.48. The lowest BCUT2D eigenvalue weighted by molar-refractivity contribution is -0.188. The van der Waals surface area contributed by atoms with E-state index < -0.39 is 0 Å². The van der Waals surface area contributed by atoms with Crippen LogP contribution in [0.3, 0.4) is 0 Å². The normalized spacial score (nSPS) is 18.4. The predicted molar refractivity (Wildman–Crippen MR) is 98.3 cm³/mol. The van der Waals surface area contributed by atoms with Crippen molar-refractivity contribution >= 4 is 21.8 Å². The number of benzene rings is 1. The summed E-state index contributed by atoms with van der Waals surface area (Å²) in [5.41, 5.74) is 1.42. The highest BCUT2D eigenvalue weighted by atomic mass is 79.9. The molecule has 7 heteroatoms. The van der Waals surface area contributed by atoms with Crippen molar-refractivity contribution in [2.24, 2.45) is 5.41 Å².